The highest BCUT2D eigenvalue weighted by molar-refractivity contribution is 5.98. The van der Waals surface area contributed by atoms with E-state index in [2.05, 4.69) is 20.6 Å². The quantitative estimate of drug-likeness (QED) is 0.689. The van der Waals surface area contributed by atoms with Crippen LogP contribution in [0.4, 0.5) is 5.82 Å². The summed E-state index contributed by atoms with van der Waals surface area (Å²) in [5.41, 5.74) is 1.90. The van der Waals surface area contributed by atoms with Crippen molar-refractivity contribution < 1.29 is 14.3 Å². The van der Waals surface area contributed by atoms with Crippen LogP contribution in [0.15, 0.2) is 36.5 Å². The number of carbonyl (C=O) groups is 2. The Kier molecular flexibility index (Phi) is 6.21. The van der Waals surface area contributed by atoms with Crippen LogP contribution in [0.2, 0.25) is 0 Å². The van der Waals surface area contributed by atoms with Crippen LogP contribution in [-0.2, 0) is 20.9 Å². The summed E-state index contributed by atoms with van der Waals surface area (Å²) in [6, 6.07) is 9.83. The van der Waals surface area contributed by atoms with Gasteiger partial charge in [-0.25, -0.2) is 4.68 Å². The fraction of sp³-hybridized carbons (Fsp3) is 0.476. The van der Waals surface area contributed by atoms with Gasteiger partial charge in [0.15, 0.2) is 0 Å². The number of hydrogen-bond donors (Lipinski definition) is 2. The standard InChI is InChI=1S/C21H27N5O3/c27-19(22-7-4-8-25-9-11-29-12-10-25)13-17-15-26-20(24-21(17)28)18(14-23-26)16-5-2-1-3-6-16/h1-3,5-6,14,17H,4,7-13,15H2,(H,22,27)(H,24,28)/t17-/m1/s1. The van der Waals surface area contributed by atoms with E-state index in [0.29, 0.717) is 18.9 Å². The second-order valence-electron chi connectivity index (χ2n) is 7.50. The molecule has 2 aliphatic heterocycles. The monoisotopic (exact) mass is 397 g/mol. The lowest BCUT2D eigenvalue weighted by Gasteiger charge is -2.26. The van der Waals surface area contributed by atoms with Gasteiger partial charge in [0.2, 0.25) is 11.8 Å². The Hall–Kier alpha value is -2.71. The third-order valence-corrected chi connectivity index (χ3v) is 5.44. The number of aromatic nitrogens is 2. The van der Waals surface area contributed by atoms with Crippen molar-refractivity contribution in [1.29, 1.82) is 0 Å². The number of morpholine rings is 1. The molecule has 2 aliphatic rings. The Morgan fingerprint density at radius 1 is 1.24 bits per heavy atom. The average Bonchev–Trinajstić information content (AvgIpc) is 3.15. The average molecular weight is 397 g/mol. The molecule has 1 aromatic heterocycles. The minimum atomic E-state index is -0.412. The van der Waals surface area contributed by atoms with E-state index in [0.717, 1.165) is 50.4 Å². The Labute approximate surface area is 170 Å². The van der Waals surface area contributed by atoms with E-state index in [1.54, 1.807) is 10.9 Å². The highest BCUT2D eigenvalue weighted by Gasteiger charge is 2.30. The number of rotatable bonds is 7. The first-order valence-electron chi connectivity index (χ1n) is 10.2. The van der Waals surface area contributed by atoms with Crippen molar-refractivity contribution in [1.82, 2.24) is 20.0 Å². The molecule has 1 atom stereocenters. The van der Waals surface area contributed by atoms with Gasteiger partial charge in [-0.2, -0.15) is 5.10 Å². The SMILES string of the molecule is O=C(C[C@@H]1Cn2ncc(-c3ccccc3)c2NC1=O)NCCCN1CCOCC1. The number of ether oxygens (including phenoxy) is 1. The molecule has 2 amide bonds. The molecule has 8 heteroatoms. The largest absolute Gasteiger partial charge is 0.379 e. The summed E-state index contributed by atoms with van der Waals surface area (Å²) in [6.45, 7) is 5.45. The van der Waals surface area contributed by atoms with E-state index in [1.165, 1.54) is 0 Å². The van der Waals surface area contributed by atoms with Gasteiger partial charge in [-0.05, 0) is 18.5 Å². The van der Waals surface area contributed by atoms with Gasteiger partial charge < -0.3 is 15.4 Å². The maximum Gasteiger partial charge on any atom is 0.231 e. The molecule has 154 valence electrons. The van der Waals surface area contributed by atoms with Crippen molar-refractivity contribution in [2.24, 2.45) is 5.92 Å². The molecular weight excluding hydrogens is 370 g/mol. The van der Waals surface area contributed by atoms with E-state index in [4.69, 9.17) is 4.74 Å². The zero-order valence-corrected chi connectivity index (χ0v) is 16.5. The number of benzene rings is 1. The van der Waals surface area contributed by atoms with Gasteiger partial charge in [-0.1, -0.05) is 30.3 Å². The first-order valence-corrected chi connectivity index (χ1v) is 10.2. The van der Waals surface area contributed by atoms with Gasteiger partial charge in [0, 0.05) is 31.6 Å². The van der Waals surface area contributed by atoms with Crippen LogP contribution in [0.25, 0.3) is 11.1 Å². The van der Waals surface area contributed by atoms with Gasteiger partial charge in [0.25, 0.3) is 0 Å². The third kappa shape index (κ3) is 4.83. The van der Waals surface area contributed by atoms with Gasteiger partial charge in [-0.15, -0.1) is 0 Å². The summed E-state index contributed by atoms with van der Waals surface area (Å²) >= 11 is 0. The van der Waals surface area contributed by atoms with Crippen molar-refractivity contribution in [3.05, 3.63) is 36.5 Å². The molecule has 8 nitrogen and oxygen atoms in total. The number of fused-ring (bicyclic) bond motifs is 1. The van der Waals surface area contributed by atoms with E-state index < -0.39 is 5.92 Å². The molecule has 4 rings (SSSR count). The lowest BCUT2D eigenvalue weighted by Crippen LogP contribution is -2.39. The lowest BCUT2D eigenvalue weighted by molar-refractivity contribution is -0.128. The molecule has 0 radical (unpaired) electrons. The number of amides is 2. The zero-order valence-electron chi connectivity index (χ0n) is 16.5. The number of hydrogen-bond acceptors (Lipinski definition) is 5. The predicted octanol–water partition coefficient (Wildman–Crippen LogP) is 1.35. The molecule has 1 fully saturated rings. The molecule has 1 aromatic carbocycles. The van der Waals surface area contributed by atoms with Crippen LogP contribution >= 0.6 is 0 Å². The highest BCUT2D eigenvalue weighted by Crippen LogP contribution is 2.31. The van der Waals surface area contributed by atoms with Gasteiger partial charge >= 0.3 is 0 Å². The van der Waals surface area contributed by atoms with E-state index in [9.17, 15) is 9.59 Å². The summed E-state index contributed by atoms with van der Waals surface area (Å²) in [4.78, 5) is 27.2. The molecule has 2 N–H and O–H groups in total. The van der Waals surface area contributed by atoms with Gasteiger partial charge in [-0.3, -0.25) is 14.5 Å². The molecule has 2 aromatic rings. The summed E-state index contributed by atoms with van der Waals surface area (Å²) < 4.78 is 7.11. The molecule has 1 saturated heterocycles. The lowest BCUT2D eigenvalue weighted by atomic mass is 10.0. The normalized spacial score (nSPS) is 19.4. The van der Waals surface area contributed by atoms with Crippen molar-refractivity contribution in [2.45, 2.75) is 19.4 Å². The molecule has 0 aliphatic carbocycles. The number of nitrogens with one attached hydrogen (secondary N) is 2. The van der Waals surface area contributed by atoms with Crippen molar-refractivity contribution in [3.8, 4) is 11.1 Å². The Balaban J connectivity index is 1.27. The van der Waals surface area contributed by atoms with E-state index in [1.807, 2.05) is 30.3 Å². The van der Waals surface area contributed by atoms with Crippen LogP contribution in [-0.4, -0.2) is 65.9 Å². The molecular formula is C21H27N5O3. The van der Waals surface area contributed by atoms with Crippen LogP contribution in [0.5, 0.6) is 0 Å². The summed E-state index contributed by atoms with van der Waals surface area (Å²) in [6.07, 6.45) is 2.83. The van der Waals surface area contributed by atoms with Gasteiger partial charge in [0.05, 0.1) is 31.9 Å². The fourth-order valence-corrected chi connectivity index (χ4v) is 3.80. The highest BCUT2D eigenvalue weighted by atomic mass is 16.5. The topological polar surface area (TPSA) is 88.5 Å². The first kappa shape index (κ1) is 19.6. The fourth-order valence-electron chi connectivity index (χ4n) is 3.80. The third-order valence-electron chi connectivity index (χ3n) is 5.44. The smallest absolute Gasteiger partial charge is 0.231 e. The zero-order chi connectivity index (χ0) is 20.1. The van der Waals surface area contributed by atoms with Gasteiger partial charge in [0.1, 0.15) is 5.82 Å². The molecule has 29 heavy (non-hydrogen) atoms. The minimum Gasteiger partial charge on any atom is -0.379 e. The minimum absolute atomic E-state index is 0.0917. The van der Waals surface area contributed by atoms with E-state index >= 15 is 0 Å². The van der Waals surface area contributed by atoms with Crippen LogP contribution in [0.3, 0.4) is 0 Å². The summed E-state index contributed by atoms with van der Waals surface area (Å²) in [5.74, 6) is 0.0679. The Morgan fingerprint density at radius 3 is 2.83 bits per heavy atom. The Morgan fingerprint density at radius 2 is 2.03 bits per heavy atom. The second-order valence-corrected chi connectivity index (χ2v) is 7.50. The van der Waals surface area contributed by atoms with Crippen LogP contribution < -0.4 is 10.6 Å². The van der Waals surface area contributed by atoms with Crippen molar-refractivity contribution in [3.63, 3.8) is 0 Å². The number of anilines is 1. The number of carbonyl (C=O) groups excluding carboxylic acids is 2. The second kappa shape index (κ2) is 9.19. The predicted molar refractivity (Wildman–Crippen MR) is 109 cm³/mol. The molecule has 0 bridgehead atoms. The summed E-state index contributed by atoms with van der Waals surface area (Å²) in [7, 11) is 0. The maximum absolute atomic E-state index is 12.6. The van der Waals surface area contributed by atoms with Crippen LogP contribution in [0, 0.1) is 5.92 Å². The van der Waals surface area contributed by atoms with Crippen molar-refractivity contribution in [2.75, 3.05) is 44.7 Å². The van der Waals surface area contributed by atoms with Crippen molar-refractivity contribution >= 4 is 17.6 Å². The summed E-state index contributed by atoms with van der Waals surface area (Å²) in [5, 5.41) is 10.3. The first-order chi connectivity index (χ1) is 14.2. The molecule has 3 heterocycles. The van der Waals surface area contributed by atoms with Crippen LogP contribution in [0.1, 0.15) is 12.8 Å². The maximum atomic E-state index is 12.6. The number of nitrogens with zero attached hydrogens (tertiary/aromatic N) is 3. The van der Waals surface area contributed by atoms with E-state index in [-0.39, 0.29) is 18.2 Å². The molecule has 0 unspecified atom stereocenters. The molecule has 0 spiro atoms. The Bertz CT molecular complexity index is 845. The molecule has 0 saturated carbocycles.